The predicted octanol–water partition coefficient (Wildman–Crippen LogP) is 3.76. The van der Waals surface area contributed by atoms with Crippen LogP contribution in [0.25, 0.3) is 0 Å². The first-order chi connectivity index (χ1) is 13.4. The molecule has 12 heteroatoms. The van der Waals surface area contributed by atoms with Crippen molar-refractivity contribution in [2.45, 2.75) is 50.1 Å². The summed E-state index contributed by atoms with van der Waals surface area (Å²) < 4.78 is 82.6. The van der Waals surface area contributed by atoms with Crippen LogP contribution in [0.4, 0.5) is 32.0 Å². The average Bonchev–Trinajstić information content (AvgIpc) is 2.59. The lowest BCUT2D eigenvalue weighted by Gasteiger charge is -2.46. The summed E-state index contributed by atoms with van der Waals surface area (Å²) in [5.74, 6) is -0.796. The van der Waals surface area contributed by atoms with Crippen molar-refractivity contribution in [2.24, 2.45) is 21.5 Å². The van der Waals surface area contributed by atoms with Crippen LogP contribution in [-0.2, 0) is 6.18 Å². The predicted molar refractivity (Wildman–Crippen MR) is 94.5 cm³/mol. The molecule has 0 amide bonds. The van der Waals surface area contributed by atoms with E-state index < -0.39 is 35.9 Å². The zero-order valence-electron chi connectivity index (χ0n) is 15.1. The van der Waals surface area contributed by atoms with Gasteiger partial charge in [-0.25, -0.2) is 4.99 Å². The van der Waals surface area contributed by atoms with Gasteiger partial charge in [0.1, 0.15) is 11.4 Å². The first-order valence-corrected chi connectivity index (χ1v) is 8.82. The summed E-state index contributed by atoms with van der Waals surface area (Å²) in [7, 11) is 0. The van der Waals surface area contributed by atoms with E-state index in [0.29, 0.717) is 37.8 Å². The SMILES string of the molecule is NC1=NC2(CCCCC2)N(c2cc(C(F)(F)F)ccc2OCC(F)(F)F)C(N)=N1. The van der Waals surface area contributed by atoms with E-state index >= 15 is 0 Å². The number of alkyl halides is 6. The van der Waals surface area contributed by atoms with Crippen LogP contribution < -0.4 is 21.1 Å². The number of nitrogens with zero attached hydrogens (tertiary/aromatic N) is 3. The van der Waals surface area contributed by atoms with Crippen LogP contribution in [0.3, 0.4) is 0 Å². The second-order valence-electron chi connectivity index (χ2n) is 6.90. The third kappa shape index (κ3) is 4.51. The summed E-state index contributed by atoms with van der Waals surface area (Å²) >= 11 is 0. The molecule has 1 heterocycles. The molecule has 0 bridgehead atoms. The number of hydrogen-bond acceptors (Lipinski definition) is 6. The van der Waals surface area contributed by atoms with E-state index in [2.05, 4.69) is 9.98 Å². The van der Waals surface area contributed by atoms with Crippen LogP contribution in [0.1, 0.15) is 37.7 Å². The van der Waals surface area contributed by atoms with Crippen molar-refractivity contribution in [1.29, 1.82) is 0 Å². The highest BCUT2D eigenvalue weighted by Gasteiger charge is 2.45. The van der Waals surface area contributed by atoms with Gasteiger partial charge >= 0.3 is 12.4 Å². The van der Waals surface area contributed by atoms with Crippen LogP contribution in [0, 0.1) is 0 Å². The number of rotatable bonds is 3. The van der Waals surface area contributed by atoms with Gasteiger partial charge in [0.2, 0.25) is 11.9 Å². The highest BCUT2D eigenvalue weighted by Crippen LogP contribution is 2.45. The molecule has 1 aliphatic carbocycles. The highest BCUT2D eigenvalue weighted by atomic mass is 19.4. The number of anilines is 1. The van der Waals surface area contributed by atoms with Crippen molar-refractivity contribution >= 4 is 17.6 Å². The van der Waals surface area contributed by atoms with E-state index in [1.807, 2.05) is 0 Å². The second kappa shape index (κ2) is 7.30. The van der Waals surface area contributed by atoms with Gasteiger partial charge < -0.3 is 16.2 Å². The van der Waals surface area contributed by atoms with Crippen LogP contribution in [-0.4, -0.2) is 30.4 Å². The Balaban J connectivity index is 2.13. The molecule has 1 spiro atoms. The van der Waals surface area contributed by atoms with Gasteiger partial charge in [-0.3, -0.25) is 4.90 Å². The van der Waals surface area contributed by atoms with Crippen molar-refractivity contribution in [3.05, 3.63) is 23.8 Å². The Morgan fingerprint density at radius 1 is 1.03 bits per heavy atom. The summed E-state index contributed by atoms with van der Waals surface area (Å²) in [4.78, 5) is 9.35. The fraction of sp³-hybridized carbons (Fsp3) is 0.529. The first kappa shape index (κ1) is 21.1. The first-order valence-electron chi connectivity index (χ1n) is 8.82. The normalized spacial score (nSPS) is 19.7. The molecule has 1 saturated carbocycles. The molecule has 0 unspecified atom stereocenters. The Bertz CT molecular complexity index is 827. The molecule has 2 aliphatic rings. The smallest absolute Gasteiger partial charge is 0.422 e. The minimum Gasteiger partial charge on any atom is -0.482 e. The molecule has 0 radical (unpaired) electrons. The van der Waals surface area contributed by atoms with E-state index in [1.165, 1.54) is 4.90 Å². The quantitative estimate of drug-likeness (QED) is 0.725. The molecule has 0 saturated heterocycles. The van der Waals surface area contributed by atoms with Gasteiger partial charge in [-0.1, -0.05) is 6.42 Å². The standard InChI is InChI=1S/C17H19F6N5O/c18-16(19,20)9-29-12-5-4-10(17(21,22)23)8-11(12)28-14(25)26-13(24)27-15(28)6-2-1-3-7-15/h4-5,8H,1-3,6-7,9H2,(H4,24,25,26,27). The molecule has 4 N–H and O–H groups in total. The minimum atomic E-state index is -4.72. The van der Waals surface area contributed by atoms with Crippen LogP contribution in [0.2, 0.25) is 0 Å². The van der Waals surface area contributed by atoms with Crippen LogP contribution in [0.5, 0.6) is 5.75 Å². The Labute approximate surface area is 162 Å². The Morgan fingerprint density at radius 3 is 2.28 bits per heavy atom. The van der Waals surface area contributed by atoms with Gasteiger partial charge in [0, 0.05) is 0 Å². The Hall–Kier alpha value is -2.66. The third-order valence-electron chi connectivity index (χ3n) is 4.77. The molecule has 1 aliphatic heterocycles. The molecular formula is C17H19F6N5O. The molecule has 1 aromatic rings. The molecule has 0 atom stereocenters. The van der Waals surface area contributed by atoms with E-state index in [0.717, 1.165) is 12.5 Å². The fourth-order valence-corrected chi connectivity index (χ4v) is 3.62. The van der Waals surface area contributed by atoms with Gasteiger partial charge in [0.05, 0.1) is 11.3 Å². The number of halogens is 6. The van der Waals surface area contributed by atoms with E-state index in [1.54, 1.807) is 0 Å². The number of hydrogen-bond donors (Lipinski definition) is 2. The van der Waals surface area contributed by atoms with Crippen molar-refractivity contribution in [1.82, 2.24) is 0 Å². The maximum Gasteiger partial charge on any atom is 0.422 e. The lowest BCUT2D eigenvalue weighted by atomic mass is 9.87. The summed E-state index contributed by atoms with van der Waals surface area (Å²) in [5.41, 5.74) is 9.21. The summed E-state index contributed by atoms with van der Waals surface area (Å²) in [5, 5.41) is 0. The van der Waals surface area contributed by atoms with Crippen molar-refractivity contribution in [3.8, 4) is 5.75 Å². The number of ether oxygens (including phenoxy) is 1. The topological polar surface area (TPSA) is 89.2 Å². The monoisotopic (exact) mass is 423 g/mol. The number of benzene rings is 1. The molecule has 6 nitrogen and oxygen atoms in total. The van der Waals surface area contributed by atoms with Gasteiger partial charge in [-0.05, 0) is 43.9 Å². The van der Waals surface area contributed by atoms with Crippen molar-refractivity contribution in [3.63, 3.8) is 0 Å². The molecular weight excluding hydrogens is 404 g/mol. The van der Waals surface area contributed by atoms with Crippen LogP contribution >= 0.6 is 0 Å². The molecule has 1 fully saturated rings. The highest BCUT2D eigenvalue weighted by molar-refractivity contribution is 6.06. The Morgan fingerprint density at radius 2 is 1.69 bits per heavy atom. The second-order valence-corrected chi connectivity index (χ2v) is 6.90. The number of aliphatic imine (C=N–C) groups is 2. The van der Waals surface area contributed by atoms with E-state index in [-0.39, 0.29) is 17.6 Å². The lowest BCUT2D eigenvalue weighted by Crippen LogP contribution is -2.58. The van der Waals surface area contributed by atoms with Crippen LogP contribution in [0.15, 0.2) is 28.2 Å². The molecule has 29 heavy (non-hydrogen) atoms. The van der Waals surface area contributed by atoms with Gasteiger partial charge in [0.25, 0.3) is 0 Å². The zero-order chi connectivity index (χ0) is 21.4. The molecule has 3 rings (SSSR count). The molecule has 1 aromatic carbocycles. The van der Waals surface area contributed by atoms with Crippen molar-refractivity contribution in [2.75, 3.05) is 11.5 Å². The van der Waals surface area contributed by atoms with E-state index in [4.69, 9.17) is 16.2 Å². The average molecular weight is 423 g/mol. The number of guanidine groups is 2. The summed E-state index contributed by atoms with van der Waals surface area (Å²) in [6, 6.07) is 2.19. The van der Waals surface area contributed by atoms with Crippen molar-refractivity contribution < 1.29 is 31.1 Å². The zero-order valence-corrected chi connectivity index (χ0v) is 15.1. The maximum absolute atomic E-state index is 13.3. The minimum absolute atomic E-state index is 0.134. The van der Waals surface area contributed by atoms with Gasteiger partial charge in [-0.2, -0.15) is 31.3 Å². The largest absolute Gasteiger partial charge is 0.482 e. The number of nitrogens with two attached hydrogens (primary N) is 2. The maximum atomic E-state index is 13.3. The molecule has 0 aromatic heterocycles. The van der Waals surface area contributed by atoms with Gasteiger partial charge in [-0.15, -0.1) is 0 Å². The Kier molecular flexibility index (Phi) is 5.30. The summed E-state index contributed by atoms with van der Waals surface area (Å²) in [6.45, 7) is -1.67. The summed E-state index contributed by atoms with van der Waals surface area (Å²) in [6.07, 6.45) is -6.33. The van der Waals surface area contributed by atoms with E-state index in [9.17, 15) is 26.3 Å². The lowest BCUT2D eigenvalue weighted by molar-refractivity contribution is -0.153. The fourth-order valence-electron chi connectivity index (χ4n) is 3.62. The molecule has 160 valence electrons. The third-order valence-corrected chi connectivity index (χ3v) is 4.77. The van der Waals surface area contributed by atoms with Gasteiger partial charge in [0.15, 0.2) is 6.61 Å².